The number of rotatable bonds is 50. The number of hydrogen-bond donors (Lipinski definition) is 1. The van der Waals surface area contributed by atoms with Gasteiger partial charge in [0.1, 0.15) is 13.2 Å². The molecule has 0 aliphatic carbocycles. The molecule has 0 saturated heterocycles. The van der Waals surface area contributed by atoms with Crippen LogP contribution in [0.1, 0.15) is 245 Å². The number of likely N-dealkylation sites (N-methyl/N-ethyl adjacent to an activating group) is 1. The number of hydrogen-bond acceptors (Lipinski definition) is 8. The summed E-state index contributed by atoms with van der Waals surface area (Å²) in [6.45, 7) is 12.9. The number of nitrogens with zero attached hydrogens (tertiary/aromatic N) is 3. The molecule has 1 N–H and O–H groups in total. The molecule has 60 heavy (non-hydrogen) atoms. The predicted octanol–water partition coefficient (Wildman–Crippen LogP) is 13.3. The van der Waals surface area contributed by atoms with Crippen molar-refractivity contribution in [2.24, 2.45) is 0 Å². The molecule has 0 saturated carbocycles. The standard InChI is InChI=1S/C52H105N3O5/c1-5-7-9-11-13-15-17-23-29-35-41-54(46-45-53(3)4)42-36-30-25-19-21-27-33-39-51(57)59-49-50-60-52(58)40-34-28-22-20-26-32-38-44-55(47-48-56)43-37-31-24-18-16-14-12-10-8-6-2/h56H,5-50H2,1-4H3. The van der Waals surface area contributed by atoms with Crippen molar-refractivity contribution in [1.82, 2.24) is 14.7 Å². The molecule has 0 bridgehead atoms. The highest BCUT2D eigenvalue weighted by molar-refractivity contribution is 5.70. The van der Waals surface area contributed by atoms with Gasteiger partial charge in [-0.3, -0.25) is 9.59 Å². The molecule has 0 spiro atoms. The van der Waals surface area contributed by atoms with Gasteiger partial charge in [0.25, 0.3) is 0 Å². The van der Waals surface area contributed by atoms with Crippen LogP contribution in [-0.4, -0.2) is 111 Å². The fourth-order valence-electron chi connectivity index (χ4n) is 8.23. The SMILES string of the molecule is CCCCCCCCCCCCN(CCO)CCCCCCCCCC(=O)OCCOC(=O)CCCCCCCCCN(CCCCCCCCCCCC)CCN(C)C. The van der Waals surface area contributed by atoms with Crippen LogP contribution in [0.25, 0.3) is 0 Å². The lowest BCUT2D eigenvalue weighted by Crippen LogP contribution is -2.33. The van der Waals surface area contributed by atoms with Crippen LogP contribution in [0.3, 0.4) is 0 Å². The average Bonchev–Trinajstić information content (AvgIpc) is 3.23. The molecule has 0 rings (SSSR count). The lowest BCUT2D eigenvalue weighted by molar-refractivity contribution is -0.152. The van der Waals surface area contributed by atoms with Gasteiger partial charge in [-0.2, -0.15) is 0 Å². The molecular weight excluding hydrogens is 747 g/mol. The molecule has 0 aliphatic rings. The molecular formula is C52H105N3O5. The van der Waals surface area contributed by atoms with Crippen LogP contribution >= 0.6 is 0 Å². The van der Waals surface area contributed by atoms with E-state index >= 15 is 0 Å². The van der Waals surface area contributed by atoms with Gasteiger partial charge < -0.3 is 29.3 Å². The van der Waals surface area contributed by atoms with Crippen LogP contribution in [0.5, 0.6) is 0 Å². The van der Waals surface area contributed by atoms with Crippen molar-refractivity contribution in [3.63, 3.8) is 0 Å². The summed E-state index contributed by atoms with van der Waals surface area (Å²) in [7, 11) is 4.35. The lowest BCUT2D eigenvalue weighted by atomic mass is 10.1. The van der Waals surface area contributed by atoms with Gasteiger partial charge in [-0.1, -0.05) is 194 Å². The smallest absolute Gasteiger partial charge is 0.305 e. The summed E-state index contributed by atoms with van der Waals surface area (Å²) in [6, 6.07) is 0. The summed E-state index contributed by atoms with van der Waals surface area (Å²) in [6.07, 6.45) is 44.6. The Kier molecular flexibility index (Phi) is 47.8. The van der Waals surface area contributed by atoms with E-state index in [1.165, 1.54) is 206 Å². The zero-order valence-electron chi connectivity index (χ0n) is 40.9. The Labute approximate surface area is 374 Å². The van der Waals surface area contributed by atoms with E-state index in [1.807, 2.05) is 0 Å². The van der Waals surface area contributed by atoms with Crippen molar-refractivity contribution in [1.29, 1.82) is 0 Å². The molecule has 0 aromatic rings. The Hall–Kier alpha value is -1.22. The summed E-state index contributed by atoms with van der Waals surface area (Å²) >= 11 is 0. The first-order valence-corrected chi connectivity index (χ1v) is 26.4. The quantitative estimate of drug-likeness (QED) is 0.0479. The van der Waals surface area contributed by atoms with Crippen LogP contribution in [-0.2, 0) is 19.1 Å². The van der Waals surface area contributed by atoms with E-state index < -0.39 is 0 Å². The highest BCUT2D eigenvalue weighted by atomic mass is 16.6. The summed E-state index contributed by atoms with van der Waals surface area (Å²) in [5, 5.41) is 9.48. The molecule has 0 unspecified atom stereocenters. The molecule has 0 aliphatic heterocycles. The van der Waals surface area contributed by atoms with Crippen molar-refractivity contribution in [3.05, 3.63) is 0 Å². The van der Waals surface area contributed by atoms with Gasteiger partial charge in [0.15, 0.2) is 0 Å². The third kappa shape index (κ3) is 46.3. The number of aliphatic hydroxyl groups excluding tert-OH is 1. The van der Waals surface area contributed by atoms with Crippen molar-refractivity contribution >= 4 is 11.9 Å². The molecule has 0 aromatic heterocycles. The van der Waals surface area contributed by atoms with Gasteiger partial charge in [0.2, 0.25) is 0 Å². The van der Waals surface area contributed by atoms with E-state index in [1.54, 1.807) is 0 Å². The van der Waals surface area contributed by atoms with Crippen LogP contribution in [0.2, 0.25) is 0 Å². The predicted molar refractivity (Wildman–Crippen MR) is 258 cm³/mol. The van der Waals surface area contributed by atoms with E-state index in [-0.39, 0.29) is 31.8 Å². The maximum absolute atomic E-state index is 12.1. The largest absolute Gasteiger partial charge is 0.462 e. The minimum absolute atomic E-state index is 0.156. The monoisotopic (exact) mass is 852 g/mol. The zero-order valence-corrected chi connectivity index (χ0v) is 40.9. The molecule has 8 heteroatoms. The first-order chi connectivity index (χ1) is 29.4. The third-order valence-corrected chi connectivity index (χ3v) is 12.3. The molecule has 358 valence electrons. The second-order valence-corrected chi connectivity index (χ2v) is 18.5. The number of aliphatic hydroxyl groups is 1. The van der Waals surface area contributed by atoms with Crippen molar-refractivity contribution in [2.45, 2.75) is 245 Å². The fourth-order valence-corrected chi connectivity index (χ4v) is 8.23. The maximum atomic E-state index is 12.1. The Morgan fingerprint density at radius 3 is 0.900 bits per heavy atom. The zero-order chi connectivity index (χ0) is 43.8. The number of carbonyl (C=O) groups is 2. The van der Waals surface area contributed by atoms with E-state index in [4.69, 9.17) is 9.47 Å². The normalized spacial score (nSPS) is 11.7. The van der Waals surface area contributed by atoms with E-state index in [0.717, 1.165) is 58.3 Å². The Morgan fingerprint density at radius 2 is 0.617 bits per heavy atom. The summed E-state index contributed by atoms with van der Waals surface area (Å²) in [4.78, 5) is 31.7. The molecule has 0 atom stereocenters. The third-order valence-electron chi connectivity index (χ3n) is 12.3. The number of ether oxygens (including phenoxy) is 2. The van der Waals surface area contributed by atoms with Crippen LogP contribution in [0.4, 0.5) is 0 Å². The Morgan fingerprint density at radius 1 is 0.350 bits per heavy atom. The van der Waals surface area contributed by atoms with E-state index in [2.05, 4.69) is 42.6 Å². The van der Waals surface area contributed by atoms with Crippen LogP contribution in [0, 0.1) is 0 Å². The summed E-state index contributed by atoms with van der Waals surface area (Å²) in [5.41, 5.74) is 0. The molecule has 0 fully saturated rings. The summed E-state index contributed by atoms with van der Waals surface area (Å²) in [5.74, 6) is -0.366. The van der Waals surface area contributed by atoms with Crippen molar-refractivity contribution < 1.29 is 24.2 Å². The summed E-state index contributed by atoms with van der Waals surface area (Å²) < 4.78 is 10.6. The van der Waals surface area contributed by atoms with Gasteiger partial charge in [-0.25, -0.2) is 0 Å². The first kappa shape index (κ1) is 58.8. The van der Waals surface area contributed by atoms with Crippen LogP contribution < -0.4 is 0 Å². The number of carbonyl (C=O) groups excluding carboxylic acids is 2. The second-order valence-electron chi connectivity index (χ2n) is 18.5. The minimum atomic E-state index is -0.187. The van der Waals surface area contributed by atoms with Gasteiger partial charge in [0, 0.05) is 32.5 Å². The highest BCUT2D eigenvalue weighted by Gasteiger charge is 2.08. The molecule has 0 heterocycles. The van der Waals surface area contributed by atoms with E-state index in [0.29, 0.717) is 12.8 Å². The number of unbranched alkanes of at least 4 members (excludes halogenated alkanes) is 30. The van der Waals surface area contributed by atoms with Gasteiger partial charge in [-0.15, -0.1) is 0 Å². The van der Waals surface area contributed by atoms with Gasteiger partial charge in [-0.05, 0) is 78.8 Å². The molecule has 0 radical (unpaired) electrons. The fraction of sp³-hybridized carbons (Fsp3) is 0.962. The topological polar surface area (TPSA) is 82.5 Å². The van der Waals surface area contributed by atoms with Gasteiger partial charge in [0.05, 0.1) is 6.61 Å². The van der Waals surface area contributed by atoms with E-state index in [9.17, 15) is 14.7 Å². The minimum Gasteiger partial charge on any atom is -0.462 e. The molecule has 8 nitrogen and oxygen atoms in total. The Balaban J connectivity index is 3.66. The lowest BCUT2D eigenvalue weighted by Gasteiger charge is -2.24. The molecule has 0 aromatic carbocycles. The highest BCUT2D eigenvalue weighted by Crippen LogP contribution is 2.15. The maximum Gasteiger partial charge on any atom is 0.305 e. The van der Waals surface area contributed by atoms with Crippen molar-refractivity contribution in [3.8, 4) is 0 Å². The average molecular weight is 852 g/mol. The Bertz CT molecular complexity index is 875. The molecule has 0 amide bonds. The van der Waals surface area contributed by atoms with Gasteiger partial charge >= 0.3 is 11.9 Å². The number of esters is 2. The van der Waals surface area contributed by atoms with Crippen LogP contribution in [0.15, 0.2) is 0 Å². The van der Waals surface area contributed by atoms with Crippen molar-refractivity contribution in [2.75, 3.05) is 79.7 Å². The first-order valence-electron chi connectivity index (χ1n) is 26.4. The second kappa shape index (κ2) is 48.8.